The zero-order valence-corrected chi connectivity index (χ0v) is 12.5. The smallest absolute Gasteiger partial charge is 0.0592 e. The second-order valence-corrected chi connectivity index (χ2v) is 6.77. The summed E-state index contributed by atoms with van der Waals surface area (Å²) in [4.78, 5) is 7.03. The SMILES string of the molecule is CC(C)N1CCC2(CC1)Cc1ncc(Cl)cc1[C@@H]2N. The minimum atomic E-state index is 0.100. The molecule has 2 N–H and O–H groups in total. The topological polar surface area (TPSA) is 42.2 Å². The average molecular weight is 280 g/mol. The monoisotopic (exact) mass is 279 g/mol. The van der Waals surface area contributed by atoms with Crippen LogP contribution < -0.4 is 5.73 Å². The number of fused-ring (bicyclic) bond motifs is 1. The van der Waals surface area contributed by atoms with Crippen molar-refractivity contribution >= 4 is 11.6 Å². The number of rotatable bonds is 1. The number of piperidine rings is 1. The number of nitrogens with zero attached hydrogens (tertiary/aromatic N) is 2. The van der Waals surface area contributed by atoms with E-state index in [4.69, 9.17) is 17.3 Å². The van der Waals surface area contributed by atoms with Gasteiger partial charge in [0.1, 0.15) is 0 Å². The summed E-state index contributed by atoms with van der Waals surface area (Å²) in [5.74, 6) is 0. The molecule has 1 aromatic heterocycles. The molecule has 104 valence electrons. The van der Waals surface area contributed by atoms with E-state index in [0.29, 0.717) is 11.1 Å². The number of hydrogen-bond acceptors (Lipinski definition) is 3. The van der Waals surface area contributed by atoms with Crippen LogP contribution in [0, 0.1) is 5.41 Å². The fourth-order valence-corrected chi connectivity index (χ4v) is 3.81. The molecule has 4 heteroatoms. The third-order valence-electron chi connectivity index (χ3n) is 5.01. The standard InChI is InChI=1S/C15H22ClN3/c1-10(2)19-5-3-15(4-6-19)8-13-12(14(15)17)7-11(16)9-18-13/h7,9-10,14H,3-6,8,17H2,1-2H3/t14-/m0/s1. The van der Waals surface area contributed by atoms with Crippen LogP contribution in [0.1, 0.15) is 44.0 Å². The van der Waals surface area contributed by atoms with E-state index in [0.717, 1.165) is 25.2 Å². The first-order chi connectivity index (χ1) is 9.02. The van der Waals surface area contributed by atoms with Gasteiger partial charge in [-0.15, -0.1) is 0 Å². The third-order valence-corrected chi connectivity index (χ3v) is 5.22. The third kappa shape index (κ3) is 2.18. The molecular formula is C15H22ClN3. The highest BCUT2D eigenvalue weighted by Gasteiger charge is 2.46. The fourth-order valence-electron chi connectivity index (χ4n) is 3.65. The van der Waals surface area contributed by atoms with E-state index in [1.807, 2.05) is 6.07 Å². The Kier molecular flexibility index (Phi) is 3.32. The molecule has 1 aliphatic carbocycles. The number of likely N-dealkylation sites (tertiary alicyclic amines) is 1. The maximum atomic E-state index is 6.53. The summed E-state index contributed by atoms with van der Waals surface area (Å²) >= 11 is 6.05. The van der Waals surface area contributed by atoms with Crippen molar-refractivity contribution in [2.75, 3.05) is 13.1 Å². The van der Waals surface area contributed by atoms with Gasteiger partial charge in [-0.25, -0.2) is 0 Å². The molecule has 2 heterocycles. The van der Waals surface area contributed by atoms with E-state index >= 15 is 0 Å². The molecule has 1 fully saturated rings. The highest BCUT2D eigenvalue weighted by atomic mass is 35.5. The Hall–Kier alpha value is -0.640. The van der Waals surface area contributed by atoms with Gasteiger partial charge in [0.15, 0.2) is 0 Å². The van der Waals surface area contributed by atoms with Gasteiger partial charge in [0.2, 0.25) is 0 Å². The predicted molar refractivity (Wildman–Crippen MR) is 78.3 cm³/mol. The lowest BCUT2D eigenvalue weighted by molar-refractivity contribution is 0.0708. The van der Waals surface area contributed by atoms with Gasteiger partial charge in [0.05, 0.1) is 5.02 Å². The number of halogens is 1. The van der Waals surface area contributed by atoms with Crippen molar-refractivity contribution in [1.82, 2.24) is 9.88 Å². The number of nitrogens with two attached hydrogens (primary N) is 1. The molecule has 19 heavy (non-hydrogen) atoms. The van der Waals surface area contributed by atoms with Crippen molar-refractivity contribution in [3.8, 4) is 0 Å². The van der Waals surface area contributed by atoms with E-state index in [9.17, 15) is 0 Å². The first-order valence-corrected chi connectivity index (χ1v) is 7.54. The summed E-state index contributed by atoms with van der Waals surface area (Å²) in [6.07, 6.45) is 5.10. The Bertz CT molecular complexity index is 478. The Morgan fingerprint density at radius 1 is 1.42 bits per heavy atom. The van der Waals surface area contributed by atoms with Gasteiger partial charge in [0.25, 0.3) is 0 Å². The number of pyridine rings is 1. The summed E-state index contributed by atoms with van der Waals surface area (Å²) in [5.41, 5.74) is 9.08. The minimum absolute atomic E-state index is 0.100. The second-order valence-electron chi connectivity index (χ2n) is 6.34. The second kappa shape index (κ2) is 4.72. The predicted octanol–water partition coefficient (Wildman–Crippen LogP) is 2.78. The van der Waals surface area contributed by atoms with Crippen LogP contribution >= 0.6 is 11.6 Å². The Balaban J connectivity index is 1.82. The van der Waals surface area contributed by atoms with Crippen LogP contribution in [0.3, 0.4) is 0 Å². The molecule has 1 atom stereocenters. The highest BCUT2D eigenvalue weighted by Crippen LogP contribution is 2.50. The normalized spacial score (nSPS) is 26.1. The zero-order valence-electron chi connectivity index (χ0n) is 11.7. The summed E-state index contributed by atoms with van der Waals surface area (Å²) in [6.45, 7) is 6.82. The molecule has 0 amide bonds. The Morgan fingerprint density at radius 3 is 2.74 bits per heavy atom. The van der Waals surface area contributed by atoms with Gasteiger partial charge >= 0.3 is 0 Å². The minimum Gasteiger partial charge on any atom is -0.323 e. The molecule has 0 aromatic carbocycles. The van der Waals surface area contributed by atoms with Crippen LogP contribution in [0.4, 0.5) is 0 Å². The van der Waals surface area contributed by atoms with Crippen molar-refractivity contribution in [3.05, 3.63) is 28.5 Å². The van der Waals surface area contributed by atoms with Gasteiger partial charge in [0, 0.05) is 24.0 Å². The number of aromatic nitrogens is 1. The van der Waals surface area contributed by atoms with Crippen molar-refractivity contribution in [2.24, 2.45) is 11.1 Å². The first-order valence-electron chi connectivity index (χ1n) is 7.16. The van der Waals surface area contributed by atoms with Gasteiger partial charge in [-0.05, 0) is 63.2 Å². The van der Waals surface area contributed by atoms with E-state index in [1.165, 1.54) is 18.4 Å². The van der Waals surface area contributed by atoms with Crippen molar-refractivity contribution in [3.63, 3.8) is 0 Å². The van der Waals surface area contributed by atoms with E-state index in [2.05, 4.69) is 23.7 Å². The first kappa shape index (κ1) is 13.3. The molecule has 1 saturated heterocycles. The summed E-state index contributed by atoms with van der Waals surface area (Å²) in [5, 5.41) is 0.700. The van der Waals surface area contributed by atoms with E-state index in [1.54, 1.807) is 6.20 Å². The molecule has 0 saturated carbocycles. The Labute approximate surface area is 120 Å². The largest absolute Gasteiger partial charge is 0.323 e. The van der Waals surface area contributed by atoms with Gasteiger partial charge in [-0.2, -0.15) is 0 Å². The van der Waals surface area contributed by atoms with Crippen molar-refractivity contribution in [1.29, 1.82) is 0 Å². The molecular weight excluding hydrogens is 258 g/mol. The van der Waals surface area contributed by atoms with E-state index in [-0.39, 0.29) is 11.5 Å². The fraction of sp³-hybridized carbons (Fsp3) is 0.667. The van der Waals surface area contributed by atoms with Gasteiger partial charge < -0.3 is 10.6 Å². The van der Waals surface area contributed by atoms with Crippen LogP contribution in [0.2, 0.25) is 5.02 Å². The zero-order chi connectivity index (χ0) is 13.6. The summed E-state index contributed by atoms with van der Waals surface area (Å²) in [6, 6.07) is 2.74. The molecule has 3 nitrogen and oxygen atoms in total. The van der Waals surface area contributed by atoms with Crippen LogP contribution in [-0.2, 0) is 6.42 Å². The van der Waals surface area contributed by atoms with Crippen LogP contribution in [-0.4, -0.2) is 29.0 Å². The quantitative estimate of drug-likeness (QED) is 0.860. The highest BCUT2D eigenvalue weighted by molar-refractivity contribution is 6.30. The lowest BCUT2D eigenvalue weighted by atomic mass is 9.73. The molecule has 0 unspecified atom stereocenters. The lowest BCUT2D eigenvalue weighted by Crippen LogP contribution is -2.46. The maximum Gasteiger partial charge on any atom is 0.0592 e. The van der Waals surface area contributed by atoms with Crippen LogP contribution in [0.5, 0.6) is 0 Å². The molecule has 1 aromatic rings. The molecule has 2 aliphatic rings. The molecule has 1 spiro atoms. The Morgan fingerprint density at radius 2 is 2.11 bits per heavy atom. The van der Waals surface area contributed by atoms with E-state index < -0.39 is 0 Å². The molecule has 0 radical (unpaired) electrons. The maximum absolute atomic E-state index is 6.53. The van der Waals surface area contributed by atoms with Gasteiger partial charge in [-0.1, -0.05) is 11.6 Å². The lowest BCUT2D eigenvalue weighted by Gasteiger charge is -2.43. The van der Waals surface area contributed by atoms with Crippen LogP contribution in [0.15, 0.2) is 12.3 Å². The van der Waals surface area contributed by atoms with Gasteiger partial charge in [-0.3, -0.25) is 4.98 Å². The molecule has 1 aliphatic heterocycles. The summed E-state index contributed by atoms with van der Waals surface area (Å²) in [7, 11) is 0. The average Bonchev–Trinajstić information content (AvgIpc) is 2.64. The molecule has 0 bridgehead atoms. The van der Waals surface area contributed by atoms with Crippen molar-refractivity contribution < 1.29 is 0 Å². The van der Waals surface area contributed by atoms with Crippen LogP contribution in [0.25, 0.3) is 0 Å². The molecule has 3 rings (SSSR count). The number of hydrogen-bond donors (Lipinski definition) is 1. The van der Waals surface area contributed by atoms with Crippen molar-refractivity contribution in [2.45, 2.75) is 45.2 Å². The summed E-state index contributed by atoms with van der Waals surface area (Å²) < 4.78 is 0.